The summed E-state index contributed by atoms with van der Waals surface area (Å²) in [5.41, 5.74) is -1.89. The molecule has 0 spiro atoms. The average Bonchev–Trinajstić information content (AvgIpc) is 3.14. The molecule has 2 aliphatic carbocycles. The molecule has 0 aliphatic heterocycles. The van der Waals surface area contributed by atoms with Gasteiger partial charge in [0, 0.05) is 0 Å². The highest BCUT2D eigenvalue weighted by Gasteiger charge is 2.72. The van der Waals surface area contributed by atoms with Crippen molar-refractivity contribution in [3.8, 4) is 0 Å². The summed E-state index contributed by atoms with van der Waals surface area (Å²) in [5.74, 6) is -0.373. The maximum absolute atomic E-state index is 13.5. The van der Waals surface area contributed by atoms with Crippen LogP contribution in [0.4, 0.5) is 0 Å². The Bertz CT molecular complexity index is 555. The van der Waals surface area contributed by atoms with Gasteiger partial charge in [-0.3, -0.25) is 9.59 Å². The van der Waals surface area contributed by atoms with Crippen LogP contribution in [-0.2, 0) is 19.1 Å². The number of carbonyl (C=O) groups is 2. The van der Waals surface area contributed by atoms with Crippen LogP contribution in [0.25, 0.3) is 0 Å². The number of hydrogen-bond donors (Lipinski definition) is 0. The number of fused-ring (bicyclic) bond motifs is 2. The number of carbonyl (C=O) groups excluding carboxylic acids is 2. The molecule has 4 nitrogen and oxygen atoms in total. The van der Waals surface area contributed by atoms with Crippen LogP contribution in [0.15, 0.2) is 12.2 Å². The minimum absolute atomic E-state index is 0.0436. The van der Waals surface area contributed by atoms with E-state index in [1.54, 1.807) is 0 Å². The molecule has 0 N–H and O–H groups in total. The van der Waals surface area contributed by atoms with Crippen molar-refractivity contribution in [1.82, 2.24) is 0 Å². The predicted octanol–water partition coefficient (Wildman–Crippen LogP) is 5.16. The first kappa shape index (κ1) is 22.0. The molecule has 0 aromatic heterocycles. The normalized spacial score (nSPS) is 32.6. The molecule has 4 unspecified atom stereocenters. The van der Waals surface area contributed by atoms with Crippen molar-refractivity contribution in [2.24, 2.45) is 33.5 Å². The molecule has 0 saturated heterocycles. The largest absolute Gasteiger partial charge is 0.465 e. The Morgan fingerprint density at radius 1 is 0.815 bits per heavy atom. The number of rotatable bonds is 6. The lowest BCUT2D eigenvalue weighted by Crippen LogP contribution is -2.56. The minimum atomic E-state index is -0.832. The van der Waals surface area contributed by atoms with E-state index in [2.05, 4.69) is 12.2 Å². The van der Waals surface area contributed by atoms with Gasteiger partial charge >= 0.3 is 11.9 Å². The van der Waals surface area contributed by atoms with Crippen molar-refractivity contribution in [1.29, 1.82) is 0 Å². The molecular weight excluding hydrogens is 340 g/mol. The number of hydrogen-bond acceptors (Lipinski definition) is 4. The maximum atomic E-state index is 13.5. The summed E-state index contributed by atoms with van der Waals surface area (Å²) >= 11 is 0. The maximum Gasteiger partial charge on any atom is 0.313 e. The molecule has 0 aromatic rings. The predicted molar refractivity (Wildman–Crippen MR) is 107 cm³/mol. The zero-order chi connectivity index (χ0) is 20.7. The number of ether oxygens (including phenoxy) is 2. The third kappa shape index (κ3) is 3.69. The first-order chi connectivity index (χ1) is 12.3. The molecule has 1 saturated carbocycles. The van der Waals surface area contributed by atoms with Gasteiger partial charge in [-0.1, -0.05) is 67.5 Å². The van der Waals surface area contributed by atoms with E-state index in [1.165, 1.54) is 0 Å². The van der Waals surface area contributed by atoms with Crippen molar-refractivity contribution in [2.45, 2.75) is 74.7 Å². The molecule has 0 aromatic carbocycles. The smallest absolute Gasteiger partial charge is 0.313 e. The third-order valence-electron chi connectivity index (χ3n) is 6.26. The minimum Gasteiger partial charge on any atom is -0.465 e. The van der Waals surface area contributed by atoms with Crippen LogP contribution < -0.4 is 0 Å². The highest BCUT2D eigenvalue weighted by Crippen LogP contribution is 2.67. The molecule has 1 fully saturated rings. The van der Waals surface area contributed by atoms with Gasteiger partial charge in [-0.05, 0) is 41.9 Å². The average molecular weight is 379 g/mol. The monoisotopic (exact) mass is 378 g/mol. The van der Waals surface area contributed by atoms with Gasteiger partial charge < -0.3 is 9.47 Å². The molecular formula is C23H38O4. The summed E-state index contributed by atoms with van der Waals surface area (Å²) in [7, 11) is 0. The fourth-order valence-corrected chi connectivity index (χ4v) is 5.02. The van der Waals surface area contributed by atoms with E-state index in [0.29, 0.717) is 26.1 Å². The molecule has 4 heteroatoms. The SMILES string of the molecule is CCC1(C(=O)OCC(C)(C)C)C2C=CC(C2)C1(CC)C(=O)OCC(C)(C)C. The summed E-state index contributed by atoms with van der Waals surface area (Å²) in [6, 6.07) is 0. The van der Waals surface area contributed by atoms with Crippen molar-refractivity contribution in [2.75, 3.05) is 13.2 Å². The third-order valence-corrected chi connectivity index (χ3v) is 6.26. The molecule has 2 aliphatic rings. The van der Waals surface area contributed by atoms with Crippen LogP contribution >= 0.6 is 0 Å². The molecule has 154 valence electrons. The Morgan fingerprint density at radius 2 is 1.15 bits per heavy atom. The van der Waals surface area contributed by atoms with Crippen LogP contribution in [0.3, 0.4) is 0 Å². The van der Waals surface area contributed by atoms with Gasteiger partial charge in [0.1, 0.15) is 0 Å². The summed E-state index contributed by atoms with van der Waals surface area (Å²) < 4.78 is 11.6. The van der Waals surface area contributed by atoms with Gasteiger partial charge in [0.05, 0.1) is 24.0 Å². The Kier molecular flexibility index (Phi) is 5.90. The van der Waals surface area contributed by atoms with E-state index in [0.717, 1.165) is 6.42 Å². The fourth-order valence-electron chi connectivity index (χ4n) is 5.02. The highest BCUT2D eigenvalue weighted by molar-refractivity contribution is 5.91. The van der Waals surface area contributed by atoms with Gasteiger partial charge in [0.2, 0.25) is 0 Å². The summed E-state index contributed by atoms with van der Waals surface area (Å²) in [5, 5.41) is 0. The van der Waals surface area contributed by atoms with Crippen molar-refractivity contribution < 1.29 is 19.1 Å². The van der Waals surface area contributed by atoms with E-state index in [-0.39, 0.29) is 34.6 Å². The lowest BCUT2D eigenvalue weighted by atomic mass is 9.55. The zero-order valence-corrected chi connectivity index (χ0v) is 18.5. The Balaban J connectivity index is 2.42. The van der Waals surface area contributed by atoms with Crippen LogP contribution in [0.1, 0.15) is 74.7 Å². The topological polar surface area (TPSA) is 52.6 Å². The van der Waals surface area contributed by atoms with Gasteiger partial charge in [-0.15, -0.1) is 0 Å². The molecule has 2 bridgehead atoms. The lowest BCUT2D eigenvalue weighted by Gasteiger charge is -2.47. The van der Waals surface area contributed by atoms with Gasteiger partial charge in [-0.2, -0.15) is 0 Å². The van der Waals surface area contributed by atoms with Crippen LogP contribution in [0, 0.1) is 33.5 Å². The quantitative estimate of drug-likeness (QED) is 0.473. The van der Waals surface area contributed by atoms with Crippen LogP contribution in [0.5, 0.6) is 0 Å². The first-order valence-corrected chi connectivity index (χ1v) is 10.4. The summed E-state index contributed by atoms with van der Waals surface area (Å²) in [6.07, 6.45) is 6.24. The van der Waals surface area contributed by atoms with Crippen molar-refractivity contribution >= 4 is 11.9 Å². The Morgan fingerprint density at radius 3 is 1.41 bits per heavy atom. The van der Waals surface area contributed by atoms with E-state index in [9.17, 15) is 9.59 Å². The second kappa shape index (κ2) is 7.25. The number of esters is 2. The lowest BCUT2D eigenvalue weighted by molar-refractivity contribution is -0.188. The van der Waals surface area contributed by atoms with E-state index < -0.39 is 10.8 Å². The van der Waals surface area contributed by atoms with Gasteiger partial charge in [-0.25, -0.2) is 0 Å². The van der Waals surface area contributed by atoms with Gasteiger partial charge in [0.25, 0.3) is 0 Å². The van der Waals surface area contributed by atoms with Crippen LogP contribution in [0.2, 0.25) is 0 Å². The van der Waals surface area contributed by atoms with Gasteiger partial charge in [0.15, 0.2) is 0 Å². The second-order valence-electron chi connectivity index (χ2n) is 10.8. The Hall–Kier alpha value is -1.32. The number of allylic oxidation sites excluding steroid dienone is 2. The molecule has 0 amide bonds. The molecule has 4 atom stereocenters. The standard InChI is InChI=1S/C23H38O4/c1-9-22(18(24)26-14-20(3,4)5)16-11-12-17(13-16)23(22,10-2)19(25)27-15-21(6,7)8/h11-12,16-17H,9-10,13-15H2,1-8H3. The first-order valence-electron chi connectivity index (χ1n) is 10.4. The van der Waals surface area contributed by atoms with E-state index in [4.69, 9.17) is 9.47 Å². The second-order valence-corrected chi connectivity index (χ2v) is 10.8. The van der Waals surface area contributed by atoms with Crippen LogP contribution in [-0.4, -0.2) is 25.2 Å². The summed E-state index contributed by atoms with van der Waals surface area (Å²) in [6.45, 7) is 17.0. The van der Waals surface area contributed by atoms with E-state index >= 15 is 0 Å². The molecule has 2 rings (SSSR count). The zero-order valence-electron chi connectivity index (χ0n) is 18.5. The molecule has 0 radical (unpaired) electrons. The molecule has 27 heavy (non-hydrogen) atoms. The van der Waals surface area contributed by atoms with Crippen molar-refractivity contribution in [3.63, 3.8) is 0 Å². The van der Waals surface area contributed by atoms with E-state index in [1.807, 2.05) is 55.4 Å². The highest BCUT2D eigenvalue weighted by atomic mass is 16.5. The molecule has 0 heterocycles. The van der Waals surface area contributed by atoms with Crippen molar-refractivity contribution in [3.05, 3.63) is 12.2 Å². The summed E-state index contributed by atoms with van der Waals surface area (Å²) in [4.78, 5) is 26.9. The Labute approximate surface area is 165 Å². The fraction of sp³-hybridized carbons (Fsp3) is 0.826.